The number of hydrogen-bond acceptors (Lipinski definition) is 5. The van der Waals surface area contributed by atoms with Crippen LogP contribution in [0.4, 0.5) is 0 Å². The van der Waals surface area contributed by atoms with Crippen LogP contribution in [0.15, 0.2) is 66.9 Å². The normalized spacial score (nSPS) is 11.6. The third-order valence-electron chi connectivity index (χ3n) is 5.63. The zero-order valence-corrected chi connectivity index (χ0v) is 20.4. The van der Waals surface area contributed by atoms with E-state index in [4.69, 9.17) is 4.74 Å². The van der Waals surface area contributed by atoms with Crippen LogP contribution in [0.25, 0.3) is 10.9 Å². The van der Waals surface area contributed by atoms with E-state index in [9.17, 15) is 14.4 Å². The molecule has 0 spiro atoms. The zero-order chi connectivity index (χ0) is 25.0. The van der Waals surface area contributed by atoms with Crippen LogP contribution in [-0.2, 0) is 20.9 Å². The largest absolute Gasteiger partial charge is 0.461 e. The van der Waals surface area contributed by atoms with E-state index >= 15 is 0 Å². The Balaban J connectivity index is 1.70. The second-order valence-electron chi connectivity index (χ2n) is 8.45. The maximum absolute atomic E-state index is 13.3. The van der Waals surface area contributed by atoms with E-state index in [1.165, 1.54) is 6.20 Å². The molecule has 184 valence electrons. The van der Waals surface area contributed by atoms with Gasteiger partial charge in [0.15, 0.2) is 0 Å². The number of amides is 2. The van der Waals surface area contributed by atoms with Crippen LogP contribution in [0, 0.1) is 0 Å². The molecule has 3 aromatic rings. The number of rotatable bonds is 12. The molecule has 0 fully saturated rings. The van der Waals surface area contributed by atoms with E-state index in [1.807, 2.05) is 68.4 Å². The minimum atomic E-state index is -0.837. The Bertz CT molecular complexity index is 1130. The highest BCUT2D eigenvalue weighted by Crippen LogP contribution is 2.14. The molecule has 3 rings (SSSR count). The van der Waals surface area contributed by atoms with Crippen molar-refractivity contribution < 1.29 is 19.1 Å². The van der Waals surface area contributed by atoms with Gasteiger partial charge in [0, 0.05) is 31.1 Å². The molecule has 0 aliphatic carbocycles. The van der Waals surface area contributed by atoms with Gasteiger partial charge in [-0.15, -0.1) is 0 Å². The summed E-state index contributed by atoms with van der Waals surface area (Å²) in [7, 11) is 0. The molecule has 0 unspecified atom stereocenters. The van der Waals surface area contributed by atoms with Gasteiger partial charge in [-0.3, -0.25) is 19.4 Å². The van der Waals surface area contributed by atoms with Gasteiger partial charge >= 0.3 is 5.97 Å². The molecular weight excluding hydrogens is 442 g/mol. The van der Waals surface area contributed by atoms with Gasteiger partial charge in [0.1, 0.15) is 12.6 Å². The molecule has 0 radical (unpaired) electrons. The summed E-state index contributed by atoms with van der Waals surface area (Å²) in [5, 5.41) is 3.69. The summed E-state index contributed by atoms with van der Waals surface area (Å²) >= 11 is 0. The van der Waals surface area contributed by atoms with E-state index in [1.54, 1.807) is 11.0 Å². The number of nitrogens with zero attached hydrogens (tertiary/aromatic N) is 2. The molecule has 0 bridgehead atoms. The summed E-state index contributed by atoms with van der Waals surface area (Å²) in [4.78, 5) is 44.9. The molecule has 0 aliphatic rings. The number of benzene rings is 2. The van der Waals surface area contributed by atoms with Crippen molar-refractivity contribution in [3.8, 4) is 0 Å². The number of aromatic nitrogens is 1. The maximum atomic E-state index is 13.3. The third kappa shape index (κ3) is 7.64. The molecule has 2 aromatic carbocycles. The molecule has 1 N–H and O–H groups in total. The van der Waals surface area contributed by atoms with Gasteiger partial charge < -0.3 is 15.0 Å². The van der Waals surface area contributed by atoms with Gasteiger partial charge in [-0.1, -0.05) is 62.4 Å². The van der Waals surface area contributed by atoms with E-state index in [0.717, 1.165) is 29.3 Å². The number of nitrogens with one attached hydrogen (secondary N) is 1. The van der Waals surface area contributed by atoms with Crippen molar-refractivity contribution in [2.45, 2.75) is 52.2 Å². The quantitative estimate of drug-likeness (QED) is 0.390. The van der Waals surface area contributed by atoms with Gasteiger partial charge in [-0.05, 0) is 37.0 Å². The lowest BCUT2D eigenvalue weighted by Gasteiger charge is -2.27. The fourth-order valence-corrected chi connectivity index (χ4v) is 3.86. The second kappa shape index (κ2) is 13.2. The molecule has 0 saturated carbocycles. The van der Waals surface area contributed by atoms with Crippen LogP contribution in [0.5, 0.6) is 0 Å². The van der Waals surface area contributed by atoms with Crippen molar-refractivity contribution in [3.63, 3.8) is 0 Å². The Hall–Kier alpha value is -3.74. The van der Waals surface area contributed by atoms with Crippen molar-refractivity contribution >= 4 is 28.7 Å². The first-order chi connectivity index (χ1) is 17.0. The van der Waals surface area contributed by atoms with Crippen LogP contribution in [0.1, 0.15) is 55.5 Å². The Labute approximate surface area is 206 Å². The zero-order valence-electron chi connectivity index (χ0n) is 20.4. The van der Waals surface area contributed by atoms with Gasteiger partial charge in [0.25, 0.3) is 5.91 Å². The van der Waals surface area contributed by atoms with Gasteiger partial charge in [-0.25, -0.2) is 0 Å². The first-order valence-corrected chi connectivity index (χ1v) is 12.2. The standard InChI is InChI=1S/C28H33N3O4/c1-3-16-31(17-4-2)28(34)25(14-15-26(32)35-20-21-10-6-5-7-11-21)30-27(33)23-18-22-12-8-9-13-24(22)29-19-23/h5-13,18-19,25H,3-4,14-17,20H2,1-2H3,(H,30,33)/t25-/m1/s1. The van der Waals surface area contributed by atoms with E-state index in [2.05, 4.69) is 10.3 Å². The second-order valence-corrected chi connectivity index (χ2v) is 8.45. The third-order valence-corrected chi connectivity index (χ3v) is 5.63. The van der Waals surface area contributed by atoms with Crippen LogP contribution in [0.3, 0.4) is 0 Å². The van der Waals surface area contributed by atoms with Crippen molar-refractivity contribution in [1.29, 1.82) is 0 Å². The van der Waals surface area contributed by atoms with Gasteiger partial charge in [0.2, 0.25) is 5.91 Å². The van der Waals surface area contributed by atoms with Crippen LogP contribution in [0.2, 0.25) is 0 Å². The number of esters is 1. The molecule has 1 atom stereocenters. The first kappa shape index (κ1) is 25.9. The average molecular weight is 476 g/mol. The lowest BCUT2D eigenvalue weighted by molar-refractivity contribution is -0.145. The number of para-hydroxylation sites is 1. The molecule has 1 aromatic heterocycles. The van der Waals surface area contributed by atoms with Crippen molar-refractivity contribution in [3.05, 3.63) is 78.0 Å². The monoisotopic (exact) mass is 475 g/mol. The van der Waals surface area contributed by atoms with E-state index < -0.39 is 17.9 Å². The van der Waals surface area contributed by atoms with Crippen molar-refractivity contribution in [1.82, 2.24) is 15.2 Å². The number of carbonyl (C=O) groups excluding carboxylic acids is 3. The number of fused-ring (bicyclic) bond motifs is 1. The van der Waals surface area contributed by atoms with Crippen LogP contribution < -0.4 is 5.32 Å². The summed E-state index contributed by atoms with van der Waals surface area (Å²) in [6.45, 7) is 5.37. The summed E-state index contributed by atoms with van der Waals surface area (Å²) < 4.78 is 5.36. The summed E-state index contributed by atoms with van der Waals surface area (Å²) in [6.07, 6.45) is 3.29. The summed E-state index contributed by atoms with van der Waals surface area (Å²) in [6, 6.07) is 17.9. The highest BCUT2D eigenvalue weighted by Gasteiger charge is 2.27. The lowest BCUT2D eigenvalue weighted by Crippen LogP contribution is -2.49. The molecule has 0 aliphatic heterocycles. The van der Waals surface area contributed by atoms with Crippen LogP contribution in [-0.4, -0.2) is 46.8 Å². The Morgan fingerprint density at radius 2 is 1.66 bits per heavy atom. The highest BCUT2D eigenvalue weighted by atomic mass is 16.5. The molecule has 7 heteroatoms. The molecule has 1 heterocycles. The van der Waals surface area contributed by atoms with Gasteiger partial charge in [-0.2, -0.15) is 0 Å². The fourth-order valence-electron chi connectivity index (χ4n) is 3.86. The van der Waals surface area contributed by atoms with E-state index in [-0.39, 0.29) is 25.4 Å². The number of ether oxygens (including phenoxy) is 1. The minimum absolute atomic E-state index is 0.0194. The summed E-state index contributed by atoms with van der Waals surface area (Å²) in [5.74, 6) is -0.996. The number of pyridine rings is 1. The molecule has 35 heavy (non-hydrogen) atoms. The lowest BCUT2D eigenvalue weighted by atomic mass is 10.1. The first-order valence-electron chi connectivity index (χ1n) is 12.2. The highest BCUT2D eigenvalue weighted by molar-refractivity contribution is 5.99. The molecular formula is C28H33N3O4. The molecule has 2 amide bonds. The number of carbonyl (C=O) groups is 3. The molecule has 0 saturated heterocycles. The SMILES string of the molecule is CCCN(CCC)C(=O)[C@@H](CCC(=O)OCc1ccccc1)NC(=O)c1cnc2ccccc2c1. The van der Waals surface area contributed by atoms with E-state index in [0.29, 0.717) is 18.7 Å². The average Bonchev–Trinajstić information content (AvgIpc) is 2.89. The Kier molecular flexibility index (Phi) is 9.78. The minimum Gasteiger partial charge on any atom is -0.461 e. The fraction of sp³-hybridized carbons (Fsp3) is 0.357. The number of hydrogen-bond donors (Lipinski definition) is 1. The smallest absolute Gasteiger partial charge is 0.306 e. The summed E-state index contributed by atoms with van der Waals surface area (Å²) in [5.41, 5.74) is 2.04. The predicted octanol–water partition coefficient (Wildman–Crippen LogP) is 4.51. The topological polar surface area (TPSA) is 88.6 Å². The predicted molar refractivity (Wildman–Crippen MR) is 136 cm³/mol. The Morgan fingerprint density at radius 3 is 2.37 bits per heavy atom. The maximum Gasteiger partial charge on any atom is 0.306 e. The Morgan fingerprint density at radius 1 is 0.971 bits per heavy atom. The van der Waals surface area contributed by atoms with Gasteiger partial charge in [0.05, 0.1) is 11.1 Å². The van der Waals surface area contributed by atoms with Crippen molar-refractivity contribution in [2.75, 3.05) is 13.1 Å². The van der Waals surface area contributed by atoms with Crippen LogP contribution >= 0.6 is 0 Å². The molecule has 7 nitrogen and oxygen atoms in total. The van der Waals surface area contributed by atoms with Crippen molar-refractivity contribution in [2.24, 2.45) is 0 Å².